The summed E-state index contributed by atoms with van der Waals surface area (Å²) in [6.45, 7) is -0.0849. The maximum absolute atomic E-state index is 13.3. The zero-order valence-corrected chi connectivity index (χ0v) is 23.0. The molecule has 40 heavy (non-hydrogen) atoms. The van der Waals surface area contributed by atoms with Gasteiger partial charge < -0.3 is 15.4 Å². The van der Waals surface area contributed by atoms with Crippen molar-refractivity contribution in [1.82, 2.24) is 20.1 Å². The number of ether oxygens (including phenoxy) is 1. The number of thioether (sulfide) groups is 1. The van der Waals surface area contributed by atoms with E-state index in [4.69, 9.17) is 27.9 Å². The summed E-state index contributed by atoms with van der Waals surface area (Å²) in [6, 6.07) is 16.1. The van der Waals surface area contributed by atoms with Crippen LogP contribution in [0.15, 0.2) is 71.9 Å². The number of anilines is 1. The summed E-state index contributed by atoms with van der Waals surface area (Å²) in [6.07, 6.45) is -4.63. The molecule has 0 spiro atoms. The molecule has 0 fully saturated rings. The van der Waals surface area contributed by atoms with Gasteiger partial charge >= 0.3 is 6.18 Å². The molecule has 0 unspecified atom stereocenters. The minimum Gasteiger partial charge on any atom is -0.495 e. The predicted molar refractivity (Wildman–Crippen MR) is 146 cm³/mol. The Bertz CT molecular complexity index is 1550. The van der Waals surface area contributed by atoms with Crippen molar-refractivity contribution in [3.8, 4) is 11.4 Å². The third kappa shape index (κ3) is 6.87. The quantitative estimate of drug-likeness (QED) is 0.217. The van der Waals surface area contributed by atoms with Crippen molar-refractivity contribution in [1.29, 1.82) is 0 Å². The first kappa shape index (κ1) is 29.2. The second kappa shape index (κ2) is 12.6. The van der Waals surface area contributed by atoms with E-state index in [1.54, 1.807) is 34.9 Å². The standard InChI is InChI=1S/C26H20Cl2F3N5O3S/c1-39-21-9-5-4-8-20(21)36-22(13-32-24(38)16-12-15(27)10-11-18(16)28)34-35-25(36)40-14-23(37)33-19-7-3-2-6-17(19)26(29,30)31/h2-12H,13-14H2,1H3,(H,32,38)(H,33,37). The molecule has 0 saturated carbocycles. The highest BCUT2D eigenvalue weighted by Crippen LogP contribution is 2.35. The maximum Gasteiger partial charge on any atom is 0.418 e. The lowest BCUT2D eigenvalue weighted by molar-refractivity contribution is -0.137. The van der Waals surface area contributed by atoms with E-state index in [-0.39, 0.29) is 33.7 Å². The Kier molecular flexibility index (Phi) is 9.23. The van der Waals surface area contributed by atoms with Crippen molar-refractivity contribution in [3.63, 3.8) is 0 Å². The highest BCUT2D eigenvalue weighted by molar-refractivity contribution is 7.99. The van der Waals surface area contributed by atoms with E-state index in [1.807, 2.05) is 0 Å². The van der Waals surface area contributed by atoms with Crippen LogP contribution < -0.4 is 15.4 Å². The molecule has 2 amide bonds. The summed E-state index contributed by atoms with van der Waals surface area (Å²) in [5.74, 6) is -0.704. The van der Waals surface area contributed by atoms with Crippen LogP contribution in [-0.2, 0) is 17.5 Å². The summed E-state index contributed by atoms with van der Waals surface area (Å²) >= 11 is 13.1. The Morgan fingerprint density at radius 1 is 1.02 bits per heavy atom. The van der Waals surface area contributed by atoms with Gasteiger partial charge in [-0.2, -0.15) is 13.2 Å². The van der Waals surface area contributed by atoms with Gasteiger partial charge in [0, 0.05) is 5.02 Å². The van der Waals surface area contributed by atoms with Crippen LogP contribution in [0.1, 0.15) is 21.7 Å². The molecule has 208 valence electrons. The molecule has 3 aromatic carbocycles. The van der Waals surface area contributed by atoms with Crippen LogP contribution >= 0.6 is 35.0 Å². The number of hydrogen-bond acceptors (Lipinski definition) is 6. The third-order valence-corrected chi connectivity index (χ3v) is 6.94. The maximum atomic E-state index is 13.3. The lowest BCUT2D eigenvalue weighted by atomic mass is 10.1. The van der Waals surface area contributed by atoms with Crippen molar-refractivity contribution >= 4 is 52.5 Å². The van der Waals surface area contributed by atoms with Crippen LogP contribution in [0.2, 0.25) is 10.0 Å². The molecule has 0 bridgehead atoms. The first-order valence-corrected chi connectivity index (χ1v) is 13.2. The van der Waals surface area contributed by atoms with E-state index in [0.29, 0.717) is 22.3 Å². The third-order valence-electron chi connectivity index (χ3n) is 5.45. The molecule has 8 nitrogen and oxygen atoms in total. The highest BCUT2D eigenvalue weighted by Gasteiger charge is 2.33. The van der Waals surface area contributed by atoms with E-state index in [0.717, 1.165) is 17.8 Å². The fourth-order valence-electron chi connectivity index (χ4n) is 3.65. The number of para-hydroxylation sites is 3. The van der Waals surface area contributed by atoms with Crippen molar-refractivity contribution in [2.75, 3.05) is 18.2 Å². The average molecular weight is 610 g/mol. The topological polar surface area (TPSA) is 98.1 Å². The fourth-order valence-corrected chi connectivity index (χ4v) is 4.79. The molecule has 4 aromatic rings. The summed E-state index contributed by atoms with van der Waals surface area (Å²) in [7, 11) is 1.48. The molecule has 0 aliphatic carbocycles. The molecule has 0 saturated heterocycles. The van der Waals surface area contributed by atoms with Gasteiger partial charge in [-0.25, -0.2) is 0 Å². The SMILES string of the molecule is COc1ccccc1-n1c(CNC(=O)c2cc(Cl)ccc2Cl)nnc1SCC(=O)Nc1ccccc1C(F)(F)F. The zero-order valence-electron chi connectivity index (χ0n) is 20.6. The van der Waals surface area contributed by atoms with Crippen molar-refractivity contribution in [2.24, 2.45) is 0 Å². The van der Waals surface area contributed by atoms with Crippen LogP contribution in [0.5, 0.6) is 5.75 Å². The molecule has 14 heteroatoms. The summed E-state index contributed by atoms with van der Waals surface area (Å²) in [5, 5.41) is 14.1. The van der Waals surface area contributed by atoms with E-state index >= 15 is 0 Å². The number of methoxy groups -OCH3 is 1. The lowest BCUT2D eigenvalue weighted by Gasteiger charge is -2.15. The second-order valence-corrected chi connectivity index (χ2v) is 9.88. The van der Waals surface area contributed by atoms with Gasteiger partial charge in [-0.15, -0.1) is 10.2 Å². The number of aromatic nitrogens is 3. The zero-order chi connectivity index (χ0) is 28.9. The molecule has 4 rings (SSSR count). The molecular weight excluding hydrogens is 590 g/mol. The predicted octanol–water partition coefficient (Wildman–Crippen LogP) is 6.26. The number of hydrogen-bond donors (Lipinski definition) is 2. The lowest BCUT2D eigenvalue weighted by Crippen LogP contribution is -2.25. The Morgan fingerprint density at radius 2 is 1.75 bits per heavy atom. The number of amides is 2. The number of alkyl halides is 3. The molecule has 1 heterocycles. The Morgan fingerprint density at radius 3 is 2.50 bits per heavy atom. The van der Waals surface area contributed by atoms with E-state index in [1.165, 1.54) is 37.4 Å². The molecular formula is C26H20Cl2F3N5O3S. The minimum atomic E-state index is -4.63. The van der Waals surface area contributed by atoms with Gasteiger partial charge in [0.2, 0.25) is 5.91 Å². The van der Waals surface area contributed by atoms with E-state index < -0.39 is 23.6 Å². The largest absolute Gasteiger partial charge is 0.495 e. The number of benzene rings is 3. The van der Waals surface area contributed by atoms with Gasteiger partial charge in [0.25, 0.3) is 5.91 Å². The smallest absolute Gasteiger partial charge is 0.418 e. The van der Waals surface area contributed by atoms with Crippen LogP contribution in [-0.4, -0.2) is 39.4 Å². The van der Waals surface area contributed by atoms with Crippen molar-refractivity contribution in [2.45, 2.75) is 17.9 Å². The minimum absolute atomic E-state index is 0.0849. The Labute approximate surface area is 240 Å². The first-order chi connectivity index (χ1) is 19.1. The molecule has 0 atom stereocenters. The number of rotatable bonds is 9. The normalized spacial score (nSPS) is 11.2. The van der Waals surface area contributed by atoms with Gasteiger partial charge in [-0.1, -0.05) is 59.2 Å². The van der Waals surface area contributed by atoms with Gasteiger partial charge in [-0.3, -0.25) is 14.2 Å². The summed E-state index contributed by atoms with van der Waals surface area (Å²) < 4.78 is 47.0. The van der Waals surface area contributed by atoms with Crippen molar-refractivity contribution < 1.29 is 27.5 Å². The molecule has 2 N–H and O–H groups in total. The van der Waals surface area contributed by atoms with Crippen LogP contribution in [0.4, 0.5) is 18.9 Å². The van der Waals surface area contributed by atoms with E-state index in [9.17, 15) is 22.8 Å². The average Bonchev–Trinajstić information content (AvgIpc) is 3.34. The molecule has 0 aliphatic heterocycles. The van der Waals surface area contributed by atoms with Crippen LogP contribution in [0.3, 0.4) is 0 Å². The summed E-state index contributed by atoms with van der Waals surface area (Å²) in [4.78, 5) is 25.4. The van der Waals surface area contributed by atoms with Gasteiger partial charge in [0.15, 0.2) is 11.0 Å². The van der Waals surface area contributed by atoms with Gasteiger partial charge in [0.1, 0.15) is 5.75 Å². The molecule has 0 aliphatic rings. The highest BCUT2D eigenvalue weighted by atomic mass is 35.5. The van der Waals surface area contributed by atoms with E-state index in [2.05, 4.69) is 20.8 Å². The Hall–Kier alpha value is -3.74. The number of nitrogens with one attached hydrogen (secondary N) is 2. The van der Waals surface area contributed by atoms with Gasteiger partial charge in [-0.05, 0) is 42.5 Å². The molecule has 0 radical (unpaired) electrons. The van der Waals surface area contributed by atoms with Crippen LogP contribution in [0, 0.1) is 0 Å². The number of carbonyl (C=O) groups excluding carboxylic acids is 2. The van der Waals surface area contributed by atoms with Crippen molar-refractivity contribution in [3.05, 3.63) is 93.7 Å². The van der Waals surface area contributed by atoms with Gasteiger partial charge in [0.05, 0.1) is 46.9 Å². The Balaban J connectivity index is 1.56. The first-order valence-electron chi connectivity index (χ1n) is 11.5. The fraction of sp³-hybridized carbons (Fsp3) is 0.154. The van der Waals surface area contributed by atoms with Crippen LogP contribution in [0.25, 0.3) is 5.69 Å². The number of nitrogens with zero attached hydrogens (tertiary/aromatic N) is 3. The number of carbonyl (C=O) groups is 2. The molecule has 1 aromatic heterocycles. The monoisotopic (exact) mass is 609 g/mol. The number of halogens is 5. The summed E-state index contributed by atoms with van der Waals surface area (Å²) in [5.41, 5.74) is -0.619. The second-order valence-electron chi connectivity index (χ2n) is 8.09.